The second-order valence-corrected chi connectivity index (χ2v) is 4.78. The number of nitrogens with zero attached hydrogens (tertiary/aromatic N) is 2. The van der Waals surface area contributed by atoms with E-state index in [1.54, 1.807) is 7.11 Å². The summed E-state index contributed by atoms with van der Waals surface area (Å²) >= 11 is 0. The third-order valence-corrected chi connectivity index (χ3v) is 3.49. The number of ether oxygens (including phenoxy) is 1. The van der Waals surface area contributed by atoms with E-state index in [4.69, 9.17) is 4.74 Å². The lowest BCUT2D eigenvalue weighted by atomic mass is 9.80. The third-order valence-electron chi connectivity index (χ3n) is 3.49. The maximum atomic E-state index is 11.9. The quantitative estimate of drug-likeness (QED) is 0.793. The summed E-state index contributed by atoms with van der Waals surface area (Å²) in [5.41, 5.74) is -0.168. The van der Waals surface area contributed by atoms with Gasteiger partial charge in [-0.2, -0.15) is 0 Å². The number of amides is 1. The van der Waals surface area contributed by atoms with E-state index < -0.39 is 0 Å². The van der Waals surface area contributed by atoms with Gasteiger partial charge >= 0.3 is 0 Å². The Bertz CT molecular complexity index is 406. The van der Waals surface area contributed by atoms with Crippen molar-refractivity contribution < 1.29 is 9.53 Å². The molecule has 2 rings (SSSR count). The van der Waals surface area contributed by atoms with Crippen LogP contribution in [0.15, 0.2) is 0 Å². The number of rotatable bonds is 6. The van der Waals surface area contributed by atoms with Crippen molar-refractivity contribution in [2.75, 3.05) is 13.7 Å². The first-order chi connectivity index (χ1) is 8.69. The van der Waals surface area contributed by atoms with Crippen molar-refractivity contribution in [3.63, 3.8) is 0 Å². The summed E-state index contributed by atoms with van der Waals surface area (Å²) in [6, 6.07) is 0. The normalized spacial score (nSPS) is 17.2. The Morgan fingerprint density at radius 3 is 2.89 bits per heavy atom. The molecule has 0 bridgehead atoms. The number of H-pyrrole nitrogens is 1. The van der Waals surface area contributed by atoms with Crippen molar-refractivity contribution in [2.45, 2.75) is 44.6 Å². The summed E-state index contributed by atoms with van der Waals surface area (Å²) in [5.74, 6) is 0.730. The summed E-state index contributed by atoms with van der Waals surface area (Å²) in [6.45, 7) is 2.58. The van der Waals surface area contributed by atoms with Crippen LogP contribution in [0.5, 0.6) is 0 Å². The third kappa shape index (κ3) is 2.69. The van der Waals surface area contributed by atoms with Crippen LogP contribution in [0.25, 0.3) is 0 Å². The van der Waals surface area contributed by atoms with Gasteiger partial charge in [0.05, 0.1) is 5.60 Å². The van der Waals surface area contributed by atoms with Crippen molar-refractivity contribution in [1.29, 1.82) is 0 Å². The minimum Gasteiger partial charge on any atom is -0.376 e. The highest BCUT2D eigenvalue weighted by Gasteiger charge is 2.37. The molecule has 0 unspecified atom stereocenters. The van der Waals surface area contributed by atoms with Gasteiger partial charge in [-0.05, 0) is 25.7 Å². The molecule has 1 aromatic rings. The monoisotopic (exact) mass is 252 g/mol. The van der Waals surface area contributed by atoms with Gasteiger partial charge in [0.1, 0.15) is 5.82 Å². The van der Waals surface area contributed by atoms with Gasteiger partial charge in [-0.25, -0.2) is 4.98 Å². The minimum absolute atomic E-state index is 0.168. The lowest BCUT2D eigenvalue weighted by molar-refractivity contribution is -0.0679. The zero-order chi connectivity index (χ0) is 13.0. The summed E-state index contributed by atoms with van der Waals surface area (Å²) in [5, 5.41) is 9.53. The van der Waals surface area contributed by atoms with Gasteiger partial charge in [-0.1, -0.05) is 6.92 Å². The van der Waals surface area contributed by atoms with E-state index >= 15 is 0 Å². The number of hydrogen-bond donors (Lipinski definition) is 2. The fourth-order valence-corrected chi connectivity index (χ4v) is 2.09. The summed E-state index contributed by atoms with van der Waals surface area (Å²) in [7, 11) is 1.69. The van der Waals surface area contributed by atoms with Gasteiger partial charge in [0.2, 0.25) is 5.82 Å². The molecule has 1 aliphatic carbocycles. The van der Waals surface area contributed by atoms with Crippen LogP contribution in [0.1, 0.15) is 49.1 Å². The molecule has 1 fully saturated rings. The van der Waals surface area contributed by atoms with Crippen molar-refractivity contribution in [2.24, 2.45) is 0 Å². The number of nitrogens with one attached hydrogen (secondary N) is 2. The average molecular weight is 252 g/mol. The Morgan fingerprint density at radius 2 is 2.33 bits per heavy atom. The van der Waals surface area contributed by atoms with E-state index in [0.717, 1.165) is 37.9 Å². The molecule has 1 heterocycles. The zero-order valence-electron chi connectivity index (χ0n) is 11.0. The van der Waals surface area contributed by atoms with E-state index in [9.17, 15) is 4.79 Å². The minimum atomic E-state index is -0.239. The lowest BCUT2D eigenvalue weighted by Gasteiger charge is -2.40. The van der Waals surface area contributed by atoms with E-state index in [1.807, 2.05) is 0 Å². The molecule has 100 valence electrons. The molecule has 0 saturated heterocycles. The van der Waals surface area contributed by atoms with E-state index in [0.29, 0.717) is 6.54 Å². The Hall–Kier alpha value is -1.43. The maximum Gasteiger partial charge on any atom is 0.291 e. The number of aromatic amines is 1. The fraction of sp³-hybridized carbons (Fsp3) is 0.750. The predicted molar refractivity (Wildman–Crippen MR) is 66.3 cm³/mol. The number of carbonyl (C=O) groups excluding carboxylic acids is 1. The first kappa shape index (κ1) is 13.0. The van der Waals surface area contributed by atoms with Crippen LogP contribution >= 0.6 is 0 Å². The number of methoxy groups -OCH3 is 1. The first-order valence-electron chi connectivity index (χ1n) is 6.44. The Labute approximate surface area is 107 Å². The molecule has 1 aliphatic rings. The lowest BCUT2D eigenvalue weighted by Crippen LogP contribution is -2.49. The smallest absolute Gasteiger partial charge is 0.291 e. The van der Waals surface area contributed by atoms with Crippen LogP contribution < -0.4 is 5.32 Å². The van der Waals surface area contributed by atoms with E-state index in [2.05, 4.69) is 27.4 Å². The Kier molecular flexibility index (Phi) is 3.96. The fourth-order valence-electron chi connectivity index (χ4n) is 2.09. The highest BCUT2D eigenvalue weighted by Crippen LogP contribution is 2.34. The molecule has 0 radical (unpaired) electrons. The number of carbonyl (C=O) groups is 1. The number of aromatic nitrogens is 3. The second-order valence-electron chi connectivity index (χ2n) is 4.78. The van der Waals surface area contributed by atoms with Crippen LogP contribution in [-0.4, -0.2) is 40.3 Å². The SMILES string of the molecule is CCCc1nc(C(=O)NCC2(OC)CCC2)n[nH]1. The first-order valence-corrected chi connectivity index (χ1v) is 6.44. The second kappa shape index (κ2) is 5.48. The van der Waals surface area contributed by atoms with Crippen molar-refractivity contribution >= 4 is 5.91 Å². The Morgan fingerprint density at radius 1 is 1.56 bits per heavy atom. The van der Waals surface area contributed by atoms with Gasteiger partial charge in [-0.15, -0.1) is 5.10 Å². The van der Waals surface area contributed by atoms with Crippen LogP contribution in [0.2, 0.25) is 0 Å². The predicted octanol–water partition coefficient (Wildman–Crippen LogP) is 1.06. The Balaban J connectivity index is 1.87. The average Bonchev–Trinajstić information content (AvgIpc) is 2.77. The van der Waals surface area contributed by atoms with Gasteiger partial charge in [0, 0.05) is 20.1 Å². The van der Waals surface area contributed by atoms with E-state index in [1.165, 1.54) is 0 Å². The molecular weight excluding hydrogens is 232 g/mol. The van der Waals surface area contributed by atoms with Gasteiger partial charge < -0.3 is 10.1 Å². The molecule has 0 aromatic carbocycles. The van der Waals surface area contributed by atoms with Gasteiger partial charge in [-0.3, -0.25) is 9.89 Å². The summed E-state index contributed by atoms with van der Waals surface area (Å²) in [4.78, 5) is 16.0. The van der Waals surface area contributed by atoms with Crippen molar-refractivity contribution in [1.82, 2.24) is 20.5 Å². The van der Waals surface area contributed by atoms with Crippen LogP contribution in [-0.2, 0) is 11.2 Å². The molecule has 6 heteroatoms. The molecule has 1 amide bonds. The molecule has 0 spiro atoms. The molecular formula is C12H20N4O2. The highest BCUT2D eigenvalue weighted by atomic mass is 16.5. The van der Waals surface area contributed by atoms with Crippen molar-refractivity contribution in [3.05, 3.63) is 11.6 Å². The number of aryl methyl sites for hydroxylation is 1. The summed E-state index contributed by atoms with van der Waals surface area (Å²) < 4.78 is 5.44. The largest absolute Gasteiger partial charge is 0.376 e. The van der Waals surface area contributed by atoms with Gasteiger partial charge in [0.15, 0.2) is 0 Å². The van der Waals surface area contributed by atoms with E-state index in [-0.39, 0.29) is 17.3 Å². The molecule has 0 aliphatic heterocycles. The number of hydrogen-bond acceptors (Lipinski definition) is 4. The zero-order valence-corrected chi connectivity index (χ0v) is 11.0. The molecule has 1 saturated carbocycles. The summed E-state index contributed by atoms with van der Waals surface area (Å²) in [6.07, 6.45) is 4.94. The van der Waals surface area contributed by atoms with Crippen LogP contribution in [0, 0.1) is 0 Å². The molecule has 2 N–H and O–H groups in total. The molecule has 6 nitrogen and oxygen atoms in total. The van der Waals surface area contributed by atoms with Crippen molar-refractivity contribution in [3.8, 4) is 0 Å². The maximum absolute atomic E-state index is 11.9. The molecule has 1 aromatic heterocycles. The molecule has 0 atom stereocenters. The standard InChI is InChI=1S/C12H20N4O2/c1-3-5-9-14-10(16-15-9)11(17)13-8-12(18-2)6-4-7-12/h3-8H2,1-2H3,(H,13,17)(H,14,15,16). The topological polar surface area (TPSA) is 79.9 Å². The van der Waals surface area contributed by atoms with Gasteiger partial charge in [0.25, 0.3) is 5.91 Å². The van der Waals surface area contributed by atoms with Crippen LogP contribution in [0.4, 0.5) is 0 Å². The molecule has 18 heavy (non-hydrogen) atoms. The van der Waals surface area contributed by atoms with Crippen LogP contribution in [0.3, 0.4) is 0 Å². The highest BCUT2D eigenvalue weighted by molar-refractivity contribution is 5.90.